The smallest absolute Gasteiger partial charge is 0.0656 e. The van der Waals surface area contributed by atoms with E-state index in [9.17, 15) is 0 Å². The molecule has 59 valence electrons. The lowest BCUT2D eigenvalue weighted by atomic mass is 10.2. The van der Waals surface area contributed by atoms with Crippen molar-refractivity contribution in [3.8, 4) is 0 Å². The van der Waals surface area contributed by atoms with Gasteiger partial charge in [-0.3, -0.25) is 0 Å². The summed E-state index contributed by atoms with van der Waals surface area (Å²) in [4.78, 5) is 0. The van der Waals surface area contributed by atoms with E-state index in [4.69, 9.17) is 0 Å². The summed E-state index contributed by atoms with van der Waals surface area (Å²) in [5, 5.41) is 1.49. The van der Waals surface area contributed by atoms with Crippen molar-refractivity contribution in [2.45, 2.75) is 19.6 Å². The Morgan fingerprint density at radius 3 is 2.18 bits per heavy atom. The summed E-state index contributed by atoms with van der Waals surface area (Å²) in [6.07, 6.45) is 0. The van der Waals surface area contributed by atoms with E-state index in [1.807, 2.05) is 6.07 Å². The molecule has 1 heteroatoms. The summed E-state index contributed by atoms with van der Waals surface area (Å²) in [5.41, 5.74) is 1.13. The lowest BCUT2D eigenvalue weighted by molar-refractivity contribution is 1.61. The standard InChI is InChI=1S/C10H15Si/c1-9-6-5-7-10(8-9)11(2,3)4/h5-8H,1H2,2-4H3. The van der Waals surface area contributed by atoms with Gasteiger partial charge in [-0.05, 0) is 12.5 Å². The molecule has 0 aliphatic carbocycles. The zero-order chi connectivity index (χ0) is 8.48. The predicted octanol–water partition coefficient (Wildman–Crippen LogP) is 2.41. The van der Waals surface area contributed by atoms with Crippen LogP contribution >= 0.6 is 0 Å². The molecule has 0 fully saturated rings. The molecule has 1 aromatic rings. The minimum Gasteiger partial charge on any atom is -0.0656 e. The van der Waals surface area contributed by atoms with Crippen LogP contribution < -0.4 is 5.19 Å². The molecule has 0 N–H and O–H groups in total. The van der Waals surface area contributed by atoms with Gasteiger partial charge in [0.2, 0.25) is 0 Å². The molecule has 0 spiro atoms. The van der Waals surface area contributed by atoms with E-state index >= 15 is 0 Å². The SMILES string of the molecule is [CH2]c1cccc([Si](C)(C)C)c1. The van der Waals surface area contributed by atoms with Crippen LogP contribution in [0.4, 0.5) is 0 Å². The maximum Gasteiger partial charge on any atom is 0.0776 e. The van der Waals surface area contributed by atoms with Gasteiger partial charge < -0.3 is 0 Å². The first-order valence-electron chi connectivity index (χ1n) is 3.92. The lowest BCUT2D eigenvalue weighted by Gasteiger charge is -2.16. The molecule has 0 heterocycles. The molecular formula is C10H15Si. The molecular weight excluding hydrogens is 148 g/mol. The van der Waals surface area contributed by atoms with Gasteiger partial charge in [0.05, 0.1) is 8.07 Å². The first-order valence-corrected chi connectivity index (χ1v) is 7.42. The van der Waals surface area contributed by atoms with Gasteiger partial charge in [-0.2, -0.15) is 0 Å². The van der Waals surface area contributed by atoms with E-state index in [1.165, 1.54) is 5.19 Å². The molecule has 11 heavy (non-hydrogen) atoms. The van der Waals surface area contributed by atoms with Crippen LogP contribution in [0.2, 0.25) is 19.6 Å². The van der Waals surface area contributed by atoms with Crippen molar-refractivity contribution in [2.75, 3.05) is 0 Å². The third-order valence-electron chi connectivity index (χ3n) is 1.79. The van der Waals surface area contributed by atoms with Crippen LogP contribution in [-0.2, 0) is 0 Å². The second kappa shape index (κ2) is 2.82. The minimum absolute atomic E-state index is 1.10. The Labute approximate surface area is 70.3 Å². The topological polar surface area (TPSA) is 0 Å². The lowest BCUT2D eigenvalue weighted by Crippen LogP contribution is -2.37. The predicted molar refractivity (Wildman–Crippen MR) is 53.9 cm³/mol. The molecule has 1 radical (unpaired) electrons. The van der Waals surface area contributed by atoms with E-state index in [0.717, 1.165) is 5.56 Å². The van der Waals surface area contributed by atoms with Gasteiger partial charge in [0, 0.05) is 0 Å². The minimum atomic E-state index is -1.10. The first kappa shape index (κ1) is 8.53. The van der Waals surface area contributed by atoms with Crippen LogP contribution in [-0.4, -0.2) is 8.07 Å². The van der Waals surface area contributed by atoms with E-state index in [-0.39, 0.29) is 0 Å². The van der Waals surface area contributed by atoms with Crippen LogP contribution in [0.25, 0.3) is 0 Å². The summed E-state index contributed by atoms with van der Waals surface area (Å²) < 4.78 is 0. The number of hydrogen-bond donors (Lipinski definition) is 0. The van der Waals surface area contributed by atoms with E-state index in [0.29, 0.717) is 0 Å². The van der Waals surface area contributed by atoms with Gasteiger partial charge >= 0.3 is 0 Å². The molecule has 1 aromatic carbocycles. The second-order valence-corrected chi connectivity index (χ2v) is 9.03. The maximum atomic E-state index is 3.92. The van der Waals surface area contributed by atoms with Crippen molar-refractivity contribution in [1.29, 1.82) is 0 Å². The largest absolute Gasteiger partial charge is 0.0776 e. The zero-order valence-electron chi connectivity index (χ0n) is 7.52. The third-order valence-corrected chi connectivity index (χ3v) is 3.84. The highest BCUT2D eigenvalue weighted by Gasteiger charge is 2.15. The highest BCUT2D eigenvalue weighted by molar-refractivity contribution is 6.88. The van der Waals surface area contributed by atoms with Gasteiger partial charge in [-0.25, -0.2) is 0 Å². The quantitative estimate of drug-likeness (QED) is 0.558. The molecule has 0 amide bonds. The third kappa shape index (κ3) is 2.19. The average molecular weight is 163 g/mol. The Morgan fingerprint density at radius 1 is 1.18 bits per heavy atom. The monoisotopic (exact) mass is 163 g/mol. The Balaban J connectivity index is 3.06. The summed E-state index contributed by atoms with van der Waals surface area (Å²) in [6.45, 7) is 11.0. The van der Waals surface area contributed by atoms with Crippen molar-refractivity contribution in [2.24, 2.45) is 0 Å². The normalized spacial score (nSPS) is 11.6. The van der Waals surface area contributed by atoms with Gasteiger partial charge in [-0.1, -0.05) is 49.1 Å². The first-order chi connectivity index (χ1) is 5.00. The maximum absolute atomic E-state index is 3.92. The number of rotatable bonds is 1. The van der Waals surface area contributed by atoms with Crippen molar-refractivity contribution in [1.82, 2.24) is 0 Å². The van der Waals surface area contributed by atoms with E-state index in [1.54, 1.807) is 0 Å². The fraction of sp³-hybridized carbons (Fsp3) is 0.300. The van der Waals surface area contributed by atoms with E-state index in [2.05, 4.69) is 44.8 Å². The Morgan fingerprint density at radius 2 is 1.82 bits per heavy atom. The van der Waals surface area contributed by atoms with Gasteiger partial charge in [0.25, 0.3) is 0 Å². The molecule has 0 atom stereocenters. The molecule has 1 rings (SSSR count). The Kier molecular flexibility index (Phi) is 2.19. The summed E-state index contributed by atoms with van der Waals surface area (Å²) >= 11 is 0. The molecule has 0 aromatic heterocycles. The van der Waals surface area contributed by atoms with Crippen LogP contribution in [0.3, 0.4) is 0 Å². The van der Waals surface area contributed by atoms with Crippen LogP contribution in [0.15, 0.2) is 24.3 Å². The van der Waals surface area contributed by atoms with Gasteiger partial charge in [0.1, 0.15) is 0 Å². The summed E-state index contributed by atoms with van der Waals surface area (Å²) in [5.74, 6) is 0. The highest BCUT2D eigenvalue weighted by atomic mass is 28.3. The fourth-order valence-corrected chi connectivity index (χ4v) is 2.25. The second-order valence-electron chi connectivity index (χ2n) is 3.95. The Bertz CT molecular complexity index is 245. The summed E-state index contributed by atoms with van der Waals surface area (Å²) in [6, 6.07) is 8.55. The number of benzene rings is 1. The highest BCUT2D eigenvalue weighted by Crippen LogP contribution is 2.03. The summed E-state index contributed by atoms with van der Waals surface area (Å²) in [7, 11) is -1.10. The van der Waals surface area contributed by atoms with Crippen molar-refractivity contribution in [3.63, 3.8) is 0 Å². The van der Waals surface area contributed by atoms with Crippen molar-refractivity contribution in [3.05, 3.63) is 36.8 Å². The zero-order valence-corrected chi connectivity index (χ0v) is 8.52. The van der Waals surface area contributed by atoms with Crippen LogP contribution in [0.5, 0.6) is 0 Å². The molecule has 0 nitrogen and oxygen atoms in total. The molecule has 0 unspecified atom stereocenters. The molecule has 0 aliphatic rings. The number of hydrogen-bond acceptors (Lipinski definition) is 0. The van der Waals surface area contributed by atoms with Crippen molar-refractivity contribution >= 4 is 13.3 Å². The molecule has 0 saturated heterocycles. The van der Waals surface area contributed by atoms with Crippen LogP contribution in [0.1, 0.15) is 5.56 Å². The molecule has 0 bridgehead atoms. The van der Waals surface area contributed by atoms with Crippen molar-refractivity contribution < 1.29 is 0 Å². The van der Waals surface area contributed by atoms with Gasteiger partial charge in [0.15, 0.2) is 0 Å². The van der Waals surface area contributed by atoms with Crippen LogP contribution in [0, 0.1) is 6.92 Å². The fourth-order valence-electron chi connectivity index (χ4n) is 1.04. The molecule has 0 aliphatic heterocycles. The van der Waals surface area contributed by atoms with E-state index < -0.39 is 8.07 Å². The Hall–Kier alpha value is -0.563. The molecule has 0 saturated carbocycles. The van der Waals surface area contributed by atoms with Gasteiger partial charge in [-0.15, -0.1) is 0 Å². The average Bonchev–Trinajstić information content (AvgIpc) is 1.86.